The van der Waals surface area contributed by atoms with Crippen LogP contribution in [0, 0.1) is 13.8 Å². The molecule has 4 rings (SSSR count). The summed E-state index contributed by atoms with van der Waals surface area (Å²) in [5.41, 5.74) is 5.65. The first-order valence-electron chi connectivity index (χ1n) is 9.95. The molecule has 0 saturated carbocycles. The average molecular weight is 427 g/mol. The van der Waals surface area contributed by atoms with Crippen molar-refractivity contribution in [3.8, 4) is 11.1 Å². The van der Waals surface area contributed by atoms with Gasteiger partial charge in [-0.05, 0) is 68.1 Å². The van der Waals surface area contributed by atoms with E-state index in [0.29, 0.717) is 10.0 Å². The maximum absolute atomic E-state index is 6.25. The largest absolute Gasteiger partial charge is 0.290 e. The maximum Gasteiger partial charge on any atom is 0.125 e. The Hall–Kier alpha value is -2.01. The molecule has 150 valence electrons. The van der Waals surface area contributed by atoms with Crippen molar-refractivity contribution in [3.63, 3.8) is 0 Å². The fourth-order valence-corrected chi connectivity index (χ4v) is 4.41. The number of halogens is 2. The molecule has 1 aromatic carbocycles. The van der Waals surface area contributed by atoms with Gasteiger partial charge < -0.3 is 0 Å². The van der Waals surface area contributed by atoms with Crippen LogP contribution in [0.1, 0.15) is 47.9 Å². The van der Waals surface area contributed by atoms with Crippen molar-refractivity contribution in [2.45, 2.75) is 45.7 Å². The predicted molar refractivity (Wildman–Crippen MR) is 118 cm³/mol. The molecule has 0 aliphatic carbocycles. The number of benzene rings is 1. The van der Waals surface area contributed by atoms with Gasteiger partial charge in [-0.3, -0.25) is 9.88 Å². The molecule has 2 aromatic heterocycles. The molecule has 1 fully saturated rings. The molecule has 0 radical (unpaired) electrons. The van der Waals surface area contributed by atoms with Crippen LogP contribution in [0.4, 0.5) is 0 Å². The van der Waals surface area contributed by atoms with E-state index in [1.807, 2.05) is 37.6 Å². The third-order valence-electron chi connectivity index (χ3n) is 5.55. The highest BCUT2D eigenvalue weighted by atomic mass is 35.5. The van der Waals surface area contributed by atoms with Crippen molar-refractivity contribution in [2.24, 2.45) is 0 Å². The first-order valence-corrected chi connectivity index (χ1v) is 10.7. The van der Waals surface area contributed by atoms with Crippen LogP contribution in [0.2, 0.25) is 10.0 Å². The van der Waals surface area contributed by atoms with Gasteiger partial charge in [-0.1, -0.05) is 35.7 Å². The molecule has 3 heterocycles. The van der Waals surface area contributed by atoms with E-state index in [2.05, 4.69) is 33.9 Å². The van der Waals surface area contributed by atoms with E-state index in [0.717, 1.165) is 47.7 Å². The molecule has 1 aliphatic heterocycles. The minimum absolute atomic E-state index is 0.238. The second kappa shape index (κ2) is 8.78. The van der Waals surface area contributed by atoms with E-state index in [-0.39, 0.29) is 6.04 Å². The smallest absolute Gasteiger partial charge is 0.125 e. The molecule has 3 aromatic rings. The Labute approximate surface area is 181 Å². The summed E-state index contributed by atoms with van der Waals surface area (Å²) < 4.78 is 0. The molecule has 1 atom stereocenters. The Bertz CT molecular complexity index is 1020. The molecule has 4 nitrogen and oxygen atoms in total. The van der Waals surface area contributed by atoms with Crippen LogP contribution >= 0.6 is 23.2 Å². The molecular formula is C23H24Cl2N4. The lowest BCUT2D eigenvalue weighted by Gasteiger charge is -2.36. The molecular weight excluding hydrogens is 403 g/mol. The first-order chi connectivity index (χ1) is 14.0. The summed E-state index contributed by atoms with van der Waals surface area (Å²) in [5, 5.41) is 1.19. The van der Waals surface area contributed by atoms with E-state index < -0.39 is 0 Å². The van der Waals surface area contributed by atoms with Crippen LogP contribution in [-0.4, -0.2) is 26.4 Å². The minimum Gasteiger partial charge on any atom is -0.290 e. The van der Waals surface area contributed by atoms with Gasteiger partial charge >= 0.3 is 0 Å². The summed E-state index contributed by atoms with van der Waals surface area (Å²) in [6.07, 6.45) is 9.15. The Morgan fingerprint density at radius 3 is 2.69 bits per heavy atom. The zero-order valence-electron chi connectivity index (χ0n) is 16.7. The molecule has 0 amide bonds. The second-order valence-electron chi connectivity index (χ2n) is 7.64. The normalized spacial score (nSPS) is 17.4. The van der Waals surface area contributed by atoms with Crippen molar-refractivity contribution in [3.05, 3.63) is 75.5 Å². The van der Waals surface area contributed by atoms with Crippen molar-refractivity contribution in [1.29, 1.82) is 0 Å². The van der Waals surface area contributed by atoms with Crippen LogP contribution < -0.4 is 0 Å². The van der Waals surface area contributed by atoms with Gasteiger partial charge in [0.25, 0.3) is 0 Å². The lowest BCUT2D eigenvalue weighted by molar-refractivity contribution is 0.137. The van der Waals surface area contributed by atoms with Gasteiger partial charge in [0.1, 0.15) is 5.82 Å². The lowest BCUT2D eigenvalue weighted by Crippen LogP contribution is -2.34. The number of aryl methyl sites for hydroxylation is 2. The minimum atomic E-state index is 0.238. The van der Waals surface area contributed by atoms with Crippen molar-refractivity contribution in [2.75, 3.05) is 6.54 Å². The third kappa shape index (κ3) is 4.45. The number of aromatic nitrogens is 3. The number of rotatable bonds is 4. The summed E-state index contributed by atoms with van der Waals surface area (Å²) in [6.45, 7) is 5.89. The molecule has 6 heteroatoms. The fourth-order valence-electron chi connectivity index (χ4n) is 4.09. The van der Waals surface area contributed by atoms with Gasteiger partial charge in [0.15, 0.2) is 0 Å². The van der Waals surface area contributed by atoms with E-state index >= 15 is 0 Å². The number of pyridine rings is 1. The molecule has 0 N–H and O–H groups in total. The van der Waals surface area contributed by atoms with Crippen LogP contribution in [-0.2, 0) is 6.54 Å². The van der Waals surface area contributed by atoms with Crippen molar-refractivity contribution in [1.82, 2.24) is 19.9 Å². The summed E-state index contributed by atoms with van der Waals surface area (Å²) in [4.78, 5) is 16.2. The molecule has 0 unspecified atom stereocenters. The van der Waals surface area contributed by atoms with Gasteiger partial charge in [0.2, 0.25) is 0 Å². The van der Waals surface area contributed by atoms with Crippen LogP contribution in [0.25, 0.3) is 11.1 Å². The fraction of sp³-hybridized carbons (Fsp3) is 0.348. The highest BCUT2D eigenvalue weighted by Gasteiger charge is 2.28. The van der Waals surface area contributed by atoms with E-state index in [1.54, 1.807) is 0 Å². The number of piperidine rings is 1. The monoisotopic (exact) mass is 426 g/mol. The zero-order valence-corrected chi connectivity index (χ0v) is 18.2. The van der Waals surface area contributed by atoms with Crippen molar-refractivity contribution >= 4 is 23.2 Å². The third-order valence-corrected chi connectivity index (χ3v) is 6.29. The zero-order chi connectivity index (χ0) is 20.4. The van der Waals surface area contributed by atoms with Crippen LogP contribution in [0.3, 0.4) is 0 Å². The Morgan fingerprint density at radius 2 is 1.90 bits per heavy atom. The summed E-state index contributed by atoms with van der Waals surface area (Å²) in [6, 6.07) is 8.19. The summed E-state index contributed by atoms with van der Waals surface area (Å²) in [7, 11) is 0. The molecule has 0 spiro atoms. The van der Waals surface area contributed by atoms with Crippen LogP contribution in [0.5, 0.6) is 0 Å². The van der Waals surface area contributed by atoms with E-state index in [9.17, 15) is 0 Å². The first kappa shape index (κ1) is 20.3. The predicted octanol–water partition coefficient (Wildman–Crippen LogP) is 6.19. The van der Waals surface area contributed by atoms with Gasteiger partial charge in [0.05, 0.1) is 21.8 Å². The Kier molecular flexibility index (Phi) is 6.14. The van der Waals surface area contributed by atoms with Gasteiger partial charge in [0, 0.05) is 30.7 Å². The van der Waals surface area contributed by atoms with Crippen molar-refractivity contribution < 1.29 is 0 Å². The summed E-state index contributed by atoms with van der Waals surface area (Å²) >= 11 is 12.4. The maximum atomic E-state index is 6.25. The Balaban J connectivity index is 1.72. The molecule has 0 bridgehead atoms. The van der Waals surface area contributed by atoms with Gasteiger partial charge in [-0.15, -0.1) is 0 Å². The number of hydrogen-bond acceptors (Lipinski definition) is 4. The number of nitrogens with zero attached hydrogens (tertiary/aromatic N) is 4. The van der Waals surface area contributed by atoms with E-state index in [1.165, 1.54) is 18.4 Å². The molecule has 29 heavy (non-hydrogen) atoms. The number of likely N-dealkylation sites (tertiary alicyclic amines) is 1. The highest BCUT2D eigenvalue weighted by Crippen LogP contribution is 2.37. The lowest BCUT2D eigenvalue weighted by atomic mass is 9.92. The standard InChI is InChI=1S/C23H24Cl2N4/c1-15-12-26-9-8-18(15)19-13-27-16(2)28-23(19)22-5-3-4-10-29(22)14-17-6-7-20(24)21(25)11-17/h6-9,11-13,22H,3-5,10,14H2,1-2H3/t22-/m0/s1. The average Bonchev–Trinajstić information content (AvgIpc) is 2.72. The molecule has 1 saturated heterocycles. The van der Waals surface area contributed by atoms with E-state index in [4.69, 9.17) is 28.2 Å². The Morgan fingerprint density at radius 1 is 1.03 bits per heavy atom. The molecule has 1 aliphatic rings. The second-order valence-corrected chi connectivity index (χ2v) is 8.45. The van der Waals surface area contributed by atoms with Crippen LogP contribution in [0.15, 0.2) is 42.9 Å². The quantitative estimate of drug-likeness (QED) is 0.498. The summed E-state index contributed by atoms with van der Waals surface area (Å²) in [5.74, 6) is 0.801. The topological polar surface area (TPSA) is 41.9 Å². The highest BCUT2D eigenvalue weighted by molar-refractivity contribution is 6.42. The number of hydrogen-bond donors (Lipinski definition) is 0. The van der Waals surface area contributed by atoms with Gasteiger partial charge in [-0.25, -0.2) is 9.97 Å². The SMILES string of the molecule is Cc1ncc(-c2ccncc2C)c([C@@H]2CCCCN2Cc2ccc(Cl)c(Cl)c2)n1. The van der Waals surface area contributed by atoms with Gasteiger partial charge in [-0.2, -0.15) is 0 Å².